The highest BCUT2D eigenvalue weighted by Gasteiger charge is 2.15. The van der Waals surface area contributed by atoms with Crippen molar-refractivity contribution in [3.05, 3.63) is 40.3 Å². The predicted octanol–water partition coefficient (Wildman–Crippen LogP) is 4.16. The molecule has 0 fully saturated rings. The summed E-state index contributed by atoms with van der Waals surface area (Å²) in [5.41, 5.74) is 2.97. The van der Waals surface area contributed by atoms with Crippen LogP contribution in [0.25, 0.3) is 11.3 Å². The van der Waals surface area contributed by atoms with Gasteiger partial charge in [-0.15, -0.1) is 0 Å². The lowest BCUT2D eigenvalue weighted by molar-refractivity contribution is 0.764. The van der Waals surface area contributed by atoms with Crippen LogP contribution in [0.1, 0.15) is 30.8 Å². The van der Waals surface area contributed by atoms with Gasteiger partial charge in [-0.1, -0.05) is 35.0 Å². The van der Waals surface area contributed by atoms with Gasteiger partial charge in [0.25, 0.3) is 0 Å². The molecule has 1 N–H and O–H groups in total. The fraction of sp³-hybridized carbons (Fsp3) is 0.286. The van der Waals surface area contributed by atoms with Crippen molar-refractivity contribution < 1.29 is 0 Å². The van der Waals surface area contributed by atoms with Crippen molar-refractivity contribution in [3.8, 4) is 17.3 Å². The molecule has 0 bridgehead atoms. The maximum absolute atomic E-state index is 9.08. The zero-order chi connectivity index (χ0) is 13.1. The second-order valence-corrected chi connectivity index (χ2v) is 5.11. The molecule has 0 aliphatic heterocycles. The third kappa shape index (κ3) is 2.46. The van der Waals surface area contributed by atoms with Crippen molar-refractivity contribution in [1.29, 1.82) is 5.26 Å². The molecule has 2 rings (SSSR count). The Balaban J connectivity index is 2.44. The Kier molecular flexibility index (Phi) is 3.83. The molecule has 1 aromatic carbocycles. The number of nitriles is 1. The Hall–Kier alpha value is -1.60. The van der Waals surface area contributed by atoms with E-state index in [1.54, 1.807) is 0 Å². The van der Waals surface area contributed by atoms with E-state index >= 15 is 0 Å². The summed E-state index contributed by atoms with van der Waals surface area (Å²) >= 11 is 3.46. The van der Waals surface area contributed by atoms with Gasteiger partial charge in [0.2, 0.25) is 0 Å². The highest BCUT2D eigenvalue weighted by atomic mass is 79.9. The lowest BCUT2D eigenvalue weighted by atomic mass is 10.1. The van der Waals surface area contributed by atoms with E-state index in [9.17, 15) is 0 Å². The minimum atomic E-state index is -0.162. The van der Waals surface area contributed by atoms with Gasteiger partial charge in [0, 0.05) is 15.7 Å². The van der Waals surface area contributed by atoms with Crippen LogP contribution >= 0.6 is 15.9 Å². The van der Waals surface area contributed by atoms with Gasteiger partial charge in [0.05, 0.1) is 11.8 Å². The van der Waals surface area contributed by atoms with Crippen LogP contribution in [0, 0.1) is 18.3 Å². The number of nitrogens with zero attached hydrogens (tertiary/aromatic N) is 2. The topological polar surface area (TPSA) is 52.5 Å². The minimum absolute atomic E-state index is 0.162. The molecule has 3 nitrogen and oxygen atoms in total. The van der Waals surface area contributed by atoms with E-state index in [0.29, 0.717) is 0 Å². The lowest BCUT2D eigenvalue weighted by Crippen LogP contribution is -1.96. The molecule has 2 aromatic rings. The second-order valence-electron chi connectivity index (χ2n) is 4.20. The van der Waals surface area contributed by atoms with Gasteiger partial charge in [-0.25, -0.2) is 4.98 Å². The first-order chi connectivity index (χ1) is 8.65. The zero-order valence-electron chi connectivity index (χ0n) is 10.4. The standard InChI is InChI=1S/C14H14BrN3/c1-3-10(8-16)14-17-9(2)13(18-14)11-5-4-6-12(15)7-11/h4-7,10H,3H2,1-2H3,(H,17,18). The summed E-state index contributed by atoms with van der Waals surface area (Å²) in [5, 5.41) is 9.08. The number of aromatic nitrogens is 2. The van der Waals surface area contributed by atoms with Gasteiger partial charge in [-0.3, -0.25) is 0 Å². The van der Waals surface area contributed by atoms with Crippen LogP contribution in [-0.2, 0) is 0 Å². The summed E-state index contributed by atoms with van der Waals surface area (Å²) in [5.74, 6) is 0.595. The summed E-state index contributed by atoms with van der Waals surface area (Å²) < 4.78 is 1.02. The third-order valence-electron chi connectivity index (χ3n) is 2.90. The molecule has 0 spiro atoms. The highest BCUT2D eigenvalue weighted by molar-refractivity contribution is 9.10. The molecule has 1 aromatic heterocycles. The first-order valence-electron chi connectivity index (χ1n) is 5.87. The maximum atomic E-state index is 9.08. The average molecular weight is 304 g/mol. The van der Waals surface area contributed by atoms with Gasteiger partial charge in [0.1, 0.15) is 11.7 Å². The van der Waals surface area contributed by atoms with Crippen LogP contribution in [0.2, 0.25) is 0 Å². The summed E-state index contributed by atoms with van der Waals surface area (Å²) in [4.78, 5) is 7.78. The van der Waals surface area contributed by atoms with Crippen LogP contribution in [0.4, 0.5) is 0 Å². The van der Waals surface area contributed by atoms with E-state index in [1.807, 2.05) is 38.1 Å². The van der Waals surface area contributed by atoms with E-state index in [0.717, 1.165) is 33.7 Å². The number of imidazole rings is 1. The molecule has 0 saturated carbocycles. The van der Waals surface area contributed by atoms with Gasteiger partial charge in [-0.05, 0) is 25.5 Å². The number of benzene rings is 1. The van der Waals surface area contributed by atoms with E-state index in [4.69, 9.17) is 5.26 Å². The molecule has 1 heterocycles. The SMILES string of the molecule is CCC(C#N)c1nc(-c2cccc(Br)c2)c(C)[nH]1. The van der Waals surface area contributed by atoms with E-state index in [-0.39, 0.29) is 5.92 Å². The van der Waals surface area contributed by atoms with Crippen LogP contribution < -0.4 is 0 Å². The second kappa shape index (κ2) is 5.36. The molecule has 0 amide bonds. The van der Waals surface area contributed by atoms with Crippen molar-refractivity contribution in [2.45, 2.75) is 26.2 Å². The predicted molar refractivity (Wildman–Crippen MR) is 75.1 cm³/mol. The van der Waals surface area contributed by atoms with Gasteiger partial charge in [-0.2, -0.15) is 5.26 Å². The quantitative estimate of drug-likeness (QED) is 0.925. The fourth-order valence-corrected chi connectivity index (χ4v) is 2.31. The molecule has 0 radical (unpaired) electrons. The van der Waals surface area contributed by atoms with E-state index < -0.39 is 0 Å². The highest BCUT2D eigenvalue weighted by Crippen LogP contribution is 2.26. The first kappa shape index (κ1) is 12.8. The van der Waals surface area contributed by atoms with Crippen molar-refractivity contribution in [3.63, 3.8) is 0 Å². The summed E-state index contributed by atoms with van der Waals surface area (Å²) in [6.45, 7) is 3.97. The largest absolute Gasteiger partial charge is 0.344 e. The average Bonchev–Trinajstić information content (AvgIpc) is 2.73. The molecule has 18 heavy (non-hydrogen) atoms. The van der Waals surface area contributed by atoms with Crippen molar-refractivity contribution >= 4 is 15.9 Å². The van der Waals surface area contributed by atoms with Crippen LogP contribution in [0.3, 0.4) is 0 Å². The Bertz CT molecular complexity index is 595. The van der Waals surface area contributed by atoms with Crippen LogP contribution in [-0.4, -0.2) is 9.97 Å². The number of hydrogen-bond donors (Lipinski definition) is 1. The molecular formula is C14H14BrN3. The first-order valence-corrected chi connectivity index (χ1v) is 6.67. The minimum Gasteiger partial charge on any atom is -0.344 e. The van der Waals surface area contributed by atoms with Crippen LogP contribution in [0.5, 0.6) is 0 Å². The third-order valence-corrected chi connectivity index (χ3v) is 3.39. The summed E-state index contributed by atoms with van der Waals surface area (Å²) in [6, 6.07) is 10.3. The molecule has 0 aliphatic rings. The molecular weight excluding hydrogens is 290 g/mol. The normalized spacial score (nSPS) is 12.1. The number of aromatic amines is 1. The van der Waals surface area contributed by atoms with Crippen molar-refractivity contribution in [2.24, 2.45) is 0 Å². The molecule has 1 atom stereocenters. The van der Waals surface area contributed by atoms with Crippen LogP contribution in [0.15, 0.2) is 28.7 Å². The molecule has 92 valence electrons. The number of aryl methyl sites for hydroxylation is 1. The van der Waals surface area contributed by atoms with Gasteiger partial charge < -0.3 is 4.98 Å². The van der Waals surface area contributed by atoms with Gasteiger partial charge in [0.15, 0.2) is 0 Å². The zero-order valence-corrected chi connectivity index (χ0v) is 12.0. The molecule has 0 aliphatic carbocycles. The molecule has 0 saturated heterocycles. The van der Waals surface area contributed by atoms with E-state index in [2.05, 4.69) is 32.0 Å². The molecule has 4 heteroatoms. The Morgan fingerprint density at radius 3 is 2.89 bits per heavy atom. The summed E-state index contributed by atoms with van der Waals surface area (Å²) in [7, 11) is 0. The van der Waals surface area contributed by atoms with Crippen molar-refractivity contribution in [2.75, 3.05) is 0 Å². The Morgan fingerprint density at radius 1 is 1.50 bits per heavy atom. The fourth-order valence-electron chi connectivity index (χ4n) is 1.91. The maximum Gasteiger partial charge on any atom is 0.124 e. The van der Waals surface area contributed by atoms with Gasteiger partial charge >= 0.3 is 0 Å². The smallest absolute Gasteiger partial charge is 0.124 e. The number of H-pyrrole nitrogens is 1. The summed E-state index contributed by atoms with van der Waals surface area (Å²) in [6.07, 6.45) is 0.765. The number of hydrogen-bond acceptors (Lipinski definition) is 2. The number of nitrogens with one attached hydrogen (secondary N) is 1. The number of rotatable bonds is 3. The monoisotopic (exact) mass is 303 g/mol. The Labute approximate surface area is 115 Å². The van der Waals surface area contributed by atoms with Crippen molar-refractivity contribution in [1.82, 2.24) is 9.97 Å². The lowest BCUT2D eigenvalue weighted by Gasteiger charge is -2.00. The van der Waals surface area contributed by atoms with E-state index in [1.165, 1.54) is 0 Å². The Morgan fingerprint density at radius 2 is 2.28 bits per heavy atom. The number of halogens is 1. The molecule has 1 unspecified atom stereocenters.